The molecule has 0 aliphatic heterocycles. The number of nitrogens with two attached hydrogens (primary N) is 1. The molecule has 56 valence electrons. The summed E-state index contributed by atoms with van der Waals surface area (Å²) in [5.41, 5.74) is 0. The van der Waals surface area contributed by atoms with Crippen LogP contribution in [0.4, 0.5) is 0 Å². The van der Waals surface area contributed by atoms with Gasteiger partial charge in [0.15, 0.2) is 0 Å². The maximum atomic E-state index is 10.5. The van der Waals surface area contributed by atoms with Crippen molar-refractivity contribution in [2.75, 3.05) is 0 Å². The third-order valence-corrected chi connectivity index (χ3v) is 1.64. The molecule has 2 N–H and O–H groups in total. The first-order valence-electron chi connectivity index (χ1n) is 2.39. The van der Waals surface area contributed by atoms with Crippen molar-refractivity contribution in [3.63, 3.8) is 0 Å². The lowest BCUT2D eigenvalue weighted by atomic mass is 10.9. The minimum atomic E-state index is -3.68. The third kappa shape index (κ3) is 1.31. The molecular weight excluding hydrogens is 156 g/mol. The molecule has 10 heavy (non-hydrogen) atoms. The van der Waals surface area contributed by atoms with E-state index in [2.05, 4.69) is 10.3 Å². The molecule has 0 aliphatic rings. The fraction of sp³-hybridized carbons (Fsp3) is 0.333. The Labute approximate surface area is 57.7 Å². The van der Waals surface area contributed by atoms with Crippen LogP contribution in [-0.4, -0.2) is 23.4 Å². The molecule has 0 atom stereocenters. The standard InChI is InChI=1S/C3H6N4O2S/c1-7-2-3(5-6-7)10(4,8)9/h2H,1H3,(H2,4,8,9). The first-order valence-corrected chi connectivity index (χ1v) is 3.94. The minimum absolute atomic E-state index is 0.213. The van der Waals surface area contributed by atoms with Crippen LogP contribution in [0.5, 0.6) is 0 Å². The summed E-state index contributed by atoms with van der Waals surface area (Å²) in [6.45, 7) is 0. The first kappa shape index (κ1) is 7.16. The van der Waals surface area contributed by atoms with E-state index < -0.39 is 10.0 Å². The molecule has 1 aromatic rings. The molecule has 1 rings (SSSR count). The second-order valence-corrected chi connectivity index (χ2v) is 3.28. The lowest BCUT2D eigenvalue weighted by Gasteiger charge is -1.84. The van der Waals surface area contributed by atoms with Crippen molar-refractivity contribution in [3.8, 4) is 0 Å². The van der Waals surface area contributed by atoms with E-state index in [0.717, 1.165) is 0 Å². The number of aromatic nitrogens is 3. The molecule has 0 aliphatic carbocycles. The maximum absolute atomic E-state index is 10.5. The van der Waals surface area contributed by atoms with Gasteiger partial charge in [-0.1, -0.05) is 5.21 Å². The molecule has 0 aromatic carbocycles. The smallest absolute Gasteiger partial charge is 0.254 e. The largest absolute Gasteiger partial charge is 0.259 e. The molecule has 0 unspecified atom stereocenters. The molecule has 0 spiro atoms. The lowest BCUT2D eigenvalue weighted by molar-refractivity contribution is 0.593. The van der Waals surface area contributed by atoms with Gasteiger partial charge < -0.3 is 0 Å². The topological polar surface area (TPSA) is 90.9 Å². The monoisotopic (exact) mass is 162 g/mol. The van der Waals surface area contributed by atoms with Crippen LogP contribution < -0.4 is 5.14 Å². The summed E-state index contributed by atoms with van der Waals surface area (Å²) < 4.78 is 22.3. The quantitative estimate of drug-likeness (QED) is 0.542. The summed E-state index contributed by atoms with van der Waals surface area (Å²) >= 11 is 0. The Morgan fingerprint density at radius 3 is 2.50 bits per heavy atom. The van der Waals surface area contributed by atoms with Crippen LogP contribution >= 0.6 is 0 Å². The highest BCUT2D eigenvalue weighted by atomic mass is 32.2. The number of hydrogen-bond acceptors (Lipinski definition) is 4. The summed E-state index contributed by atoms with van der Waals surface area (Å²) in [5, 5.41) is 11.2. The van der Waals surface area contributed by atoms with E-state index in [1.807, 2.05) is 0 Å². The van der Waals surface area contributed by atoms with Crippen molar-refractivity contribution >= 4 is 10.0 Å². The van der Waals surface area contributed by atoms with E-state index in [-0.39, 0.29) is 5.03 Å². The normalized spacial score (nSPS) is 11.8. The molecule has 0 amide bonds. The van der Waals surface area contributed by atoms with Crippen molar-refractivity contribution < 1.29 is 8.42 Å². The van der Waals surface area contributed by atoms with Gasteiger partial charge in [-0.2, -0.15) is 0 Å². The zero-order chi connectivity index (χ0) is 7.78. The first-order chi connectivity index (χ1) is 4.50. The number of aryl methyl sites for hydroxylation is 1. The van der Waals surface area contributed by atoms with Crippen LogP contribution in [0.3, 0.4) is 0 Å². The van der Waals surface area contributed by atoms with Gasteiger partial charge in [0.2, 0.25) is 5.03 Å². The molecular formula is C3H6N4O2S. The number of nitrogens with zero attached hydrogens (tertiary/aromatic N) is 3. The number of primary sulfonamides is 1. The van der Waals surface area contributed by atoms with E-state index in [4.69, 9.17) is 5.14 Å². The molecule has 6 nitrogen and oxygen atoms in total. The average molecular weight is 162 g/mol. The number of sulfonamides is 1. The SMILES string of the molecule is Cn1cc(S(N)(=O)=O)nn1. The highest BCUT2D eigenvalue weighted by molar-refractivity contribution is 7.89. The van der Waals surface area contributed by atoms with Crippen molar-refractivity contribution in [1.82, 2.24) is 15.0 Å². The van der Waals surface area contributed by atoms with Gasteiger partial charge in [-0.05, 0) is 0 Å². The lowest BCUT2D eigenvalue weighted by Crippen LogP contribution is -2.12. The molecule has 0 saturated carbocycles. The third-order valence-electron chi connectivity index (χ3n) is 0.873. The Morgan fingerprint density at radius 1 is 1.70 bits per heavy atom. The van der Waals surface area contributed by atoms with Gasteiger partial charge in [0, 0.05) is 7.05 Å². The van der Waals surface area contributed by atoms with Crippen LogP contribution in [0, 0.1) is 0 Å². The maximum Gasteiger partial charge on any atom is 0.259 e. The summed E-state index contributed by atoms with van der Waals surface area (Å²) in [4.78, 5) is 0. The molecule has 0 radical (unpaired) electrons. The van der Waals surface area contributed by atoms with Crippen molar-refractivity contribution in [3.05, 3.63) is 6.20 Å². The fourth-order valence-electron chi connectivity index (χ4n) is 0.456. The van der Waals surface area contributed by atoms with Crippen molar-refractivity contribution in [1.29, 1.82) is 0 Å². The summed E-state index contributed by atoms with van der Waals surface area (Å²) in [7, 11) is -2.12. The second-order valence-electron chi connectivity index (χ2n) is 1.78. The van der Waals surface area contributed by atoms with Gasteiger partial charge in [0.1, 0.15) is 0 Å². The van der Waals surface area contributed by atoms with E-state index in [1.54, 1.807) is 7.05 Å². The van der Waals surface area contributed by atoms with Crippen molar-refractivity contribution in [2.45, 2.75) is 5.03 Å². The summed E-state index contributed by atoms with van der Waals surface area (Å²) in [5.74, 6) is 0. The summed E-state index contributed by atoms with van der Waals surface area (Å²) in [6.07, 6.45) is 1.23. The van der Waals surface area contributed by atoms with Crippen molar-refractivity contribution in [2.24, 2.45) is 12.2 Å². The average Bonchev–Trinajstić information content (AvgIpc) is 2.11. The summed E-state index contributed by atoms with van der Waals surface area (Å²) in [6, 6.07) is 0. The molecule has 0 fully saturated rings. The Morgan fingerprint density at radius 2 is 2.30 bits per heavy atom. The number of rotatable bonds is 1. The highest BCUT2D eigenvalue weighted by Crippen LogP contribution is 1.96. The van der Waals surface area contributed by atoms with Gasteiger partial charge >= 0.3 is 0 Å². The highest BCUT2D eigenvalue weighted by Gasteiger charge is 2.10. The van der Waals surface area contributed by atoms with Crippen LogP contribution in [0.25, 0.3) is 0 Å². The molecule has 1 aromatic heterocycles. The van der Waals surface area contributed by atoms with E-state index in [9.17, 15) is 8.42 Å². The van der Waals surface area contributed by atoms with E-state index >= 15 is 0 Å². The number of hydrogen-bond donors (Lipinski definition) is 1. The van der Waals surface area contributed by atoms with Gasteiger partial charge in [-0.3, -0.25) is 4.68 Å². The molecule has 7 heteroatoms. The Bertz CT molecular complexity index is 326. The molecule has 0 saturated heterocycles. The minimum Gasteiger partial charge on any atom is -0.254 e. The fourth-order valence-corrected chi connectivity index (χ4v) is 0.906. The molecule has 1 heterocycles. The zero-order valence-electron chi connectivity index (χ0n) is 5.22. The Balaban J connectivity index is 3.21. The van der Waals surface area contributed by atoms with Crippen LogP contribution in [0.15, 0.2) is 11.2 Å². The Hall–Kier alpha value is -0.950. The Kier molecular flexibility index (Phi) is 1.45. The second kappa shape index (κ2) is 2.03. The van der Waals surface area contributed by atoms with Gasteiger partial charge in [0.05, 0.1) is 6.20 Å². The van der Waals surface area contributed by atoms with Crippen LogP contribution in [0.2, 0.25) is 0 Å². The molecule has 0 bridgehead atoms. The van der Waals surface area contributed by atoms with Gasteiger partial charge in [0.25, 0.3) is 10.0 Å². The van der Waals surface area contributed by atoms with Crippen LogP contribution in [0.1, 0.15) is 0 Å². The van der Waals surface area contributed by atoms with Crippen LogP contribution in [-0.2, 0) is 17.1 Å². The van der Waals surface area contributed by atoms with Gasteiger partial charge in [-0.15, -0.1) is 5.10 Å². The van der Waals surface area contributed by atoms with Gasteiger partial charge in [-0.25, -0.2) is 13.6 Å². The van der Waals surface area contributed by atoms with E-state index in [1.165, 1.54) is 10.9 Å². The van der Waals surface area contributed by atoms with E-state index in [0.29, 0.717) is 0 Å². The zero-order valence-corrected chi connectivity index (χ0v) is 6.04. The predicted molar refractivity (Wildman–Crippen MR) is 32.4 cm³/mol. The predicted octanol–water partition coefficient (Wildman–Crippen LogP) is -1.54.